The van der Waals surface area contributed by atoms with Gasteiger partial charge in [-0.15, -0.1) is 0 Å². The molecule has 1 aliphatic heterocycles. The number of hydrogen-bond acceptors (Lipinski definition) is 5. The Morgan fingerprint density at radius 3 is 2.65 bits per heavy atom. The van der Waals surface area contributed by atoms with Crippen LogP contribution in [0.1, 0.15) is 13.8 Å². The van der Waals surface area contributed by atoms with Crippen LogP contribution in [0, 0.1) is 5.82 Å². The average molecular weight is 442 g/mol. The summed E-state index contributed by atoms with van der Waals surface area (Å²) < 4.78 is 27.9. The number of rotatable bonds is 5. The smallest absolute Gasteiger partial charge is 0.260 e. The van der Waals surface area contributed by atoms with Crippen LogP contribution in [0.3, 0.4) is 0 Å². The van der Waals surface area contributed by atoms with Crippen LogP contribution in [0.2, 0.25) is 19.6 Å². The topological polar surface area (TPSA) is 65.4 Å². The van der Waals surface area contributed by atoms with Gasteiger partial charge in [0, 0.05) is 17.8 Å². The molecule has 0 spiro atoms. The van der Waals surface area contributed by atoms with Crippen LogP contribution in [0.25, 0.3) is 10.8 Å². The van der Waals surface area contributed by atoms with Gasteiger partial charge in [0.2, 0.25) is 0 Å². The molecular weight excluding hydrogens is 413 g/mol. The van der Waals surface area contributed by atoms with E-state index in [9.17, 15) is 9.18 Å². The number of nitrogens with zero attached hydrogens (tertiary/aromatic N) is 2. The quantitative estimate of drug-likeness (QED) is 0.607. The normalized spacial score (nSPS) is 18.5. The van der Waals surface area contributed by atoms with Crippen molar-refractivity contribution in [1.82, 2.24) is 9.55 Å². The van der Waals surface area contributed by atoms with Gasteiger partial charge in [-0.3, -0.25) is 9.78 Å². The summed E-state index contributed by atoms with van der Waals surface area (Å²) in [5.74, 6) is -0.992. The maximum atomic E-state index is 14.8. The largest absolute Gasteiger partial charge is 0.351 e. The fraction of sp³-hybridized carbons (Fsp3) is 0.391. The van der Waals surface area contributed by atoms with E-state index in [1.165, 1.54) is 0 Å². The van der Waals surface area contributed by atoms with E-state index in [-0.39, 0.29) is 17.5 Å². The van der Waals surface area contributed by atoms with Gasteiger partial charge in [-0.05, 0) is 32.0 Å². The van der Waals surface area contributed by atoms with E-state index in [1.807, 2.05) is 26.0 Å². The number of fused-ring (bicyclic) bond motifs is 1. The van der Waals surface area contributed by atoms with Gasteiger partial charge in [-0.25, -0.2) is 4.39 Å². The highest BCUT2D eigenvalue weighted by Crippen LogP contribution is 2.26. The summed E-state index contributed by atoms with van der Waals surface area (Å²) in [6.07, 6.45) is 4.71. The fourth-order valence-corrected chi connectivity index (χ4v) is 4.91. The molecule has 164 valence electrons. The van der Waals surface area contributed by atoms with Gasteiger partial charge < -0.3 is 19.4 Å². The Labute approximate surface area is 182 Å². The summed E-state index contributed by atoms with van der Waals surface area (Å²) in [5.41, 5.74) is 0.607. The molecule has 1 aromatic carbocycles. The summed E-state index contributed by atoms with van der Waals surface area (Å²) in [7, 11) is -1.62. The zero-order valence-electron chi connectivity index (χ0n) is 18.5. The number of pyridine rings is 2. The van der Waals surface area contributed by atoms with Gasteiger partial charge >= 0.3 is 0 Å². The van der Waals surface area contributed by atoms with E-state index in [2.05, 4.69) is 29.9 Å². The van der Waals surface area contributed by atoms with Crippen molar-refractivity contribution in [2.75, 3.05) is 11.9 Å². The van der Waals surface area contributed by atoms with Gasteiger partial charge in [0.1, 0.15) is 11.9 Å². The maximum absolute atomic E-state index is 14.8. The summed E-state index contributed by atoms with van der Waals surface area (Å²) >= 11 is 0. The van der Waals surface area contributed by atoms with Crippen molar-refractivity contribution in [2.45, 2.75) is 51.9 Å². The van der Waals surface area contributed by atoms with E-state index in [1.54, 1.807) is 35.3 Å². The molecule has 1 N–H and O–H groups in total. The van der Waals surface area contributed by atoms with Gasteiger partial charge in [0.15, 0.2) is 5.79 Å². The molecule has 2 aromatic heterocycles. The highest BCUT2D eigenvalue weighted by Gasteiger charge is 2.33. The highest BCUT2D eigenvalue weighted by molar-refractivity contribution is 6.88. The van der Waals surface area contributed by atoms with Crippen molar-refractivity contribution in [3.8, 4) is 0 Å². The molecule has 4 rings (SSSR count). The Kier molecular flexibility index (Phi) is 5.49. The molecule has 1 fully saturated rings. The number of ether oxygens (including phenoxy) is 2. The van der Waals surface area contributed by atoms with Crippen LogP contribution < -0.4 is 16.1 Å². The third-order valence-electron chi connectivity index (χ3n) is 5.46. The predicted octanol–water partition coefficient (Wildman–Crippen LogP) is 3.98. The van der Waals surface area contributed by atoms with Crippen LogP contribution in [-0.2, 0) is 16.0 Å². The van der Waals surface area contributed by atoms with Crippen LogP contribution >= 0.6 is 0 Å². The lowest BCUT2D eigenvalue weighted by atomic mass is 10.2. The molecule has 0 bridgehead atoms. The zero-order chi connectivity index (χ0) is 22.4. The number of aromatic nitrogens is 2. The first-order valence-corrected chi connectivity index (χ1v) is 13.9. The van der Waals surface area contributed by atoms with Crippen LogP contribution in [0.15, 0.2) is 47.7 Å². The first-order chi connectivity index (χ1) is 14.5. The number of benzene rings is 1. The molecule has 1 saturated heterocycles. The lowest BCUT2D eigenvalue weighted by Crippen LogP contribution is -2.37. The summed E-state index contributed by atoms with van der Waals surface area (Å²) in [6.45, 7) is 11.0. The summed E-state index contributed by atoms with van der Waals surface area (Å²) in [5, 5.41) is 5.27. The van der Waals surface area contributed by atoms with E-state index in [0.717, 1.165) is 5.19 Å². The van der Waals surface area contributed by atoms with E-state index < -0.39 is 13.9 Å². The van der Waals surface area contributed by atoms with Crippen molar-refractivity contribution in [1.29, 1.82) is 0 Å². The number of anilines is 2. The molecule has 0 radical (unpaired) electrons. The number of hydrogen-bond donors (Lipinski definition) is 1. The molecular formula is C23H28FN3O3Si. The van der Waals surface area contributed by atoms with Crippen molar-refractivity contribution >= 4 is 35.4 Å². The Balaban J connectivity index is 1.68. The Morgan fingerprint density at radius 2 is 2.00 bits per heavy atom. The SMILES string of the molecule is CC1(C)OCC(Cn2ccc3cncc(Nc4ccc([Si](C)(C)C)cc4F)c3c2=O)O1. The van der Waals surface area contributed by atoms with E-state index in [4.69, 9.17) is 9.47 Å². The molecule has 6 nitrogen and oxygen atoms in total. The maximum Gasteiger partial charge on any atom is 0.260 e. The third-order valence-corrected chi connectivity index (χ3v) is 7.50. The molecule has 0 amide bonds. The molecule has 8 heteroatoms. The van der Waals surface area contributed by atoms with Crippen molar-refractivity contribution in [2.24, 2.45) is 0 Å². The van der Waals surface area contributed by atoms with Crippen LogP contribution in [0.4, 0.5) is 15.8 Å². The minimum absolute atomic E-state index is 0.185. The molecule has 3 heterocycles. The minimum atomic E-state index is -1.62. The first-order valence-electron chi connectivity index (χ1n) is 10.4. The standard InChI is InChI=1S/C23H28FN3O3Si/c1-23(2)29-14-16(30-23)13-27-9-8-15-11-25-12-20(21(15)22(27)28)26-19-7-6-17(10-18(19)24)31(3,4)5/h6-12,16,26H,13-14H2,1-5H3. The molecule has 3 aromatic rings. The second kappa shape index (κ2) is 7.85. The second-order valence-electron chi connectivity index (χ2n) is 9.44. The van der Waals surface area contributed by atoms with Crippen LogP contribution in [-0.4, -0.2) is 36.1 Å². The zero-order valence-corrected chi connectivity index (χ0v) is 19.5. The lowest BCUT2D eigenvalue weighted by molar-refractivity contribution is -0.139. The molecule has 1 unspecified atom stereocenters. The first kappa shape index (κ1) is 21.7. The monoisotopic (exact) mass is 441 g/mol. The van der Waals surface area contributed by atoms with E-state index in [0.29, 0.717) is 35.3 Å². The Morgan fingerprint density at radius 1 is 1.23 bits per heavy atom. The molecule has 0 saturated carbocycles. The van der Waals surface area contributed by atoms with Crippen molar-refractivity contribution in [3.63, 3.8) is 0 Å². The molecule has 31 heavy (non-hydrogen) atoms. The minimum Gasteiger partial charge on any atom is -0.351 e. The summed E-state index contributed by atoms with van der Waals surface area (Å²) in [4.78, 5) is 17.5. The Bertz CT molecular complexity index is 1190. The van der Waals surface area contributed by atoms with Gasteiger partial charge in [-0.1, -0.05) is 30.9 Å². The fourth-order valence-electron chi connectivity index (χ4n) is 3.76. The molecule has 0 aliphatic carbocycles. The van der Waals surface area contributed by atoms with Gasteiger partial charge in [-0.2, -0.15) is 0 Å². The summed E-state index contributed by atoms with van der Waals surface area (Å²) in [6, 6.07) is 7.10. The van der Waals surface area contributed by atoms with Gasteiger partial charge in [0.05, 0.1) is 44.2 Å². The lowest BCUT2D eigenvalue weighted by Gasteiger charge is -2.19. The average Bonchev–Trinajstić information content (AvgIpc) is 3.03. The number of nitrogens with one attached hydrogen (secondary N) is 1. The highest BCUT2D eigenvalue weighted by atomic mass is 28.3. The molecule has 1 aliphatic rings. The third kappa shape index (κ3) is 4.56. The van der Waals surface area contributed by atoms with Crippen molar-refractivity contribution in [3.05, 3.63) is 59.0 Å². The Hall–Kier alpha value is -2.55. The predicted molar refractivity (Wildman–Crippen MR) is 124 cm³/mol. The molecule has 1 atom stereocenters. The van der Waals surface area contributed by atoms with Crippen LogP contribution in [0.5, 0.6) is 0 Å². The number of halogens is 1. The second-order valence-corrected chi connectivity index (χ2v) is 14.5. The van der Waals surface area contributed by atoms with E-state index >= 15 is 0 Å². The van der Waals surface area contributed by atoms with Crippen molar-refractivity contribution < 1.29 is 13.9 Å². The van der Waals surface area contributed by atoms with Gasteiger partial charge in [0.25, 0.3) is 5.56 Å².